The van der Waals surface area contributed by atoms with E-state index in [-0.39, 0.29) is 6.03 Å². The highest BCUT2D eigenvalue weighted by molar-refractivity contribution is 7.09. The molecule has 0 aromatic carbocycles. The van der Waals surface area contributed by atoms with Gasteiger partial charge in [-0.1, -0.05) is 0 Å². The number of carbonyl (C=O) groups excluding carboxylic acids is 1. The maximum absolute atomic E-state index is 11.9. The second-order valence-electron chi connectivity index (χ2n) is 4.94. The summed E-state index contributed by atoms with van der Waals surface area (Å²) in [6.07, 6.45) is 2.69. The lowest BCUT2D eigenvalue weighted by atomic mass is 9.80. The van der Waals surface area contributed by atoms with Crippen LogP contribution in [0.1, 0.15) is 24.8 Å². The zero-order chi connectivity index (χ0) is 13.9. The highest BCUT2D eigenvalue weighted by Gasteiger charge is 2.37. The van der Waals surface area contributed by atoms with E-state index >= 15 is 0 Å². The highest BCUT2D eigenvalue weighted by Crippen LogP contribution is 2.30. The molecule has 1 aliphatic rings. The van der Waals surface area contributed by atoms with Gasteiger partial charge in [0.1, 0.15) is 5.01 Å². The lowest BCUT2D eigenvalue weighted by molar-refractivity contribution is -0.150. The first kappa shape index (κ1) is 13.8. The number of nitrogens with zero attached hydrogens (tertiary/aromatic N) is 2. The number of carboxylic acid groups (broad SMARTS) is 1. The fourth-order valence-corrected chi connectivity index (χ4v) is 2.58. The van der Waals surface area contributed by atoms with E-state index in [9.17, 15) is 9.59 Å². The zero-order valence-corrected chi connectivity index (χ0v) is 11.6. The molecular weight excluding hydrogens is 266 g/mol. The number of piperidine rings is 1. The van der Waals surface area contributed by atoms with Crippen molar-refractivity contribution in [3.8, 4) is 0 Å². The van der Waals surface area contributed by atoms with Crippen molar-refractivity contribution in [2.45, 2.75) is 26.3 Å². The standard InChI is InChI=1S/C12H17N3O3S/c1-12(10(16)17)2-5-15(6-3-12)11(18)14-8-9-13-4-7-19-9/h4,7H,2-3,5-6,8H2,1H3,(H,14,18)(H,16,17). The van der Waals surface area contributed by atoms with Crippen LogP contribution < -0.4 is 5.32 Å². The van der Waals surface area contributed by atoms with Gasteiger partial charge in [0.15, 0.2) is 0 Å². The second kappa shape index (κ2) is 5.56. The Morgan fingerprint density at radius 2 is 2.21 bits per heavy atom. The lowest BCUT2D eigenvalue weighted by Gasteiger charge is -2.36. The van der Waals surface area contributed by atoms with Gasteiger partial charge in [0.2, 0.25) is 0 Å². The van der Waals surface area contributed by atoms with Crippen LogP contribution >= 0.6 is 11.3 Å². The highest BCUT2D eigenvalue weighted by atomic mass is 32.1. The molecule has 19 heavy (non-hydrogen) atoms. The molecule has 1 saturated heterocycles. The molecule has 0 saturated carbocycles. The summed E-state index contributed by atoms with van der Waals surface area (Å²) in [5, 5.41) is 14.6. The third-order valence-corrected chi connectivity index (χ3v) is 4.32. The summed E-state index contributed by atoms with van der Waals surface area (Å²) < 4.78 is 0. The van der Waals surface area contributed by atoms with Gasteiger partial charge in [0.25, 0.3) is 0 Å². The Hall–Kier alpha value is -1.63. The molecule has 7 heteroatoms. The SMILES string of the molecule is CC1(C(=O)O)CCN(C(=O)NCc2nccs2)CC1. The van der Waals surface area contributed by atoms with Gasteiger partial charge >= 0.3 is 12.0 Å². The van der Waals surface area contributed by atoms with Crippen LogP contribution in [-0.2, 0) is 11.3 Å². The predicted octanol–water partition coefficient (Wildman–Crippen LogP) is 1.54. The number of thiazole rings is 1. The molecule has 2 heterocycles. The van der Waals surface area contributed by atoms with E-state index < -0.39 is 11.4 Å². The van der Waals surface area contributed by atoms with Crippen molar-refractivity contribution >= 4 is 23.3 Å². The smallest absolute Gasteiger partial charge is 0.317 e. The Bertz CT molecular complexity index is 453. The van der Waals surface area contributed by atoms with Crippen LogP contribution in [0.2, 0.25) is 0 Å². The number of aromatic nitrogens is 1. The van der Waals surface area contributed by atoms with Gasteiger partial charge in [-0.2, -0.15) is 0 Å². The summed E-state index contributed by atoms with van der Waals surface area (Å²) in [6, 6.07) is -0.150. The van der Waals surface area contributed by atoms with E-state index in [0.717, 1.165) is 5.01 Å². The number of amides is 2. The van der Waals surface area contributed by atoms with Crippen LogP contribution in [0.25, 0.3) is 0 Å². The van der Waals surface area contributed by atoms with Gasteiger partial charge < -0.3 is 15.3 Å². The minimum atomic E-state index is -0.782. The van der Waals surface area contributed by atoms with E-state index in [4.69, 9.17) is 5.11 Å². The molecule has 2 amide bonds. The number of carboxylic acids is 1. The maximum Gasteiger partial charge on any atom is 0.317 e. The molecule has 2 N–H and O–H groups in total. The molecule has 0 radical (unpaired) electrons. The van der Waals surface area contributed by atoms with E-state index in [0.29, 0.717) is 32.5 Å². The first-order chi connectivity index (χ1) is 9.01. The van der Waals surface area contributed by atoms with Crippen LogP contribution in [0.5, 0.6) is 0 Å². The topological polar surface area (TPSA) is 82.5 Å². The number of nitrogens with one attached hydrogen (secondary N) is 1. The molecule has 2 rings (SSSR count). The fraction of sp³-hybridized carbons (Fsp3) is 0.583. The third-order valence-electron chi connectivity index (χ3n) is 3.54. The minimum Gasteiger partial charge on any atom is -0.481 e. The molecule has 0 atom stereocenters. The molecule has 1 aliphatic heterocycles. The van der Waals surface area contributed by atoms with Crippen molar-refractivity contribution in [2.75, 3.05) is 13.1 Å². The largest absolute Gasteiger partial charge is 0.481 e. The quantitative estimate of drug-likeness (QED) is 0.881. The maximum atomic E-state index is 11.9. The van der Waals surface area contributed by atoms with Crippen LogP contribution in [0.3, 0.4) is 0 Å². The molecular formula is C12H17N3O3S. The number of likely N-dealkylation sites (tertiary alicyclic amines) is 1. The molecule has 1 aromatic rings. The van der Waals surface area contributed by atoms with Gasteiger partial charge in [-0.05, 0) is 19.8 Å². The van der Waals surface area contributed by atoms with Crippen LogP contribution in [-0.4, -0.2) is 40.1 Å². The molecule has 1 aromatic heterocycles. The molecule has 0 unspecified atom stereocenters. The van der Waals surface area contributed by atoms with Gasteiger partial charge in [0.05, 0.1) is 12.0 Å². The average Bonchev–Trinajstić information content (AvgIpc) is 2.90. The van der Waals surface area contributed by atoms with Crippen LogP contribution in [0.4, 0.5) is 4.79 Å². The van der Waals surface area contributed by atoms with Gasteiger partial charge in [0, 0.05) is 24.7 Å². The number of carbonyl (C=O) groups is 2. The summed E-state index contributed by atoms with van der Waals surface area (Å²) in [7, 11) is 0. The van der Waals surface area contributed by atoms with Gasteiger partial charge in [-0.25, -0.2) is 9.78 Å². The number of urea groups is 1. The fourth-order valence-electron chi connectivity index (χ4n) is 2.02. The molecule has 104 valence electrons. The first-order valence-electron chi connectivity index (χ1n) is 6.16. The molecule has 0 aliphatic carbocycles. The summed E-state index contributed by atoms with van der Waals surface area (Å²) in [5.74, 6) is -0.782. The average molecular weight is 283 g/mol. The van der Waals surface area contributed by atoms with E-state index in [2.05, 4.69) is 10.3 Å². The summed E-state index contributed by atoms with van der Waals surface area (Å²) in [4.78, 5) is 28.8. The predicted molar refractivity (Wildman–Crippen MR) is 70.9 cm³/mol. The Kier molecular flexibility index (Phi) is 4.04. The second-order valence-corrected chi connectivity index (χ2v) is 5.92. The Balaban J connectivity index is 1.81. The van der Waals surface area contributed by atoms with Crippen LogP contribution in [0.15, 0.2) is 11.6 Å². The van der Waals surface area contributed by atoms with Crippen molar-refractivity contribution in [1.82, 2.24) is 15.2 Å². The number of hydrogen-bond acceptors (Lipinski definition) is 4. The monoisotopic (exact) mass is 283 g/mol. The van der Waals surface area contributed by atoms with Crippen molar-refractivity contribution < 1.29 is 14.7 Å². The van der Waals surface area contributed by atoms with Crippen molar-refractivity contribution in [1.29, 1.82) is 0 Å². The Morgan fingerprint density at radius 1 is 1.53 bits per heavy atom. The van der Waals surface area contributed by atoms with E-state index in [1.54, 1.807) is 18.0 Å². The minimum absolute atomic E-state index is 0.150. The van der Waals surface area contributed by atoms with E-state index in [1.165, 1.54) is 11.3 Å². The lowest BCUT2D eigenvalue weighted by Crippen LogP contribution is -2.48. The Labute approximate surface area is 115 Å². The molecule has 0 bridgehead atoms. The number of aliphatic carboxylic acids is 1. The normalized spacial score (nSPS) is 18.1. The molecule has 1 fully saturated rings. The van der Waals surface area contributed by atoms with Gasteiger partial charge in [-0.15, -0.1) is 11.3 Å². The third kappa shape index (κ3) is 3.23. The molecule has 6 nitrogen and oxygen atoms in total. The zero-order valence-electron chi connectivity index (χ0n) is 10.8. The van der Waals surface area contributed by atoms with Gasteiger partial charge in [-0.3, -0.25) is 4.79 Å². The number of rotatable bonds is 3. The number of hydrogen-bond donors (Lipinski definition) is 2. The van der Waals surface area contributed by atoms with Crippen molar-refractivity contribution in [3.63, 3.8) is 0 Å². The summed E-state index contributed by atoms with van der Waals surface area (Å²) in [5.41, 5.74) is -0.702. The first-order valence-corrected chi connectivity index (χ1v) is 7.04. The molecule has 0 spiro atoms. The summed E-state index contributed by atoms with van der Waals surface area (Å²) >= 11 is 1.49. The van der Waals surface area contributed by atoms with Crippen LogP contribution in [0, 0.1) is 5.41 Å². The van der Waals surface area contributed by atoms with Crippen molar-refractivity contribution in [3.05, 3.63) is 16.6 Å². The van der Waals surface area contributed by atoms with E-state index in [1.807, 2.05) is 5.38 Å². The Morgan fingerprint density at radius 3 is 2.74 bits per heavy atom. The summed E-state index contributed by atoms with van der Waals surface area (Å²) in [6.45, 7) is 3.11. The van der Waals surface area contributed by atoms with Crippen molar-refractivity contribution in [2.24, 2.45) is 5.41 Å².